The molecule has 1 unspecified atom stereocenters. The summed E-state index contributed by atoms with van der Waals surface area (Å²) in [6.07, 6.45) is 15.0. The van der Waals surface area contributed by atoms with Crippen molar-refractivity contribution in [3.05, 3.63) is 66.1 Å². The van der Waals surface area contributed by atoms with Crippen molar-refractivity contribution in [3.8, 4) is 5.75 Å². The molecule has 2 fully saturated rings. The topological polar surface area (TPSA) is 25.4 Å². The Kier molecular flexibility index (Phi) is 7.37. The van der Waals surface area contributed by atoms with E-state index in [0.717, 1.165) is 38.3 Å². The summed E-state index contributed by atoms with van der Waals surface area (Å²) in [5.41, 5.74) is 2.57. The number of methoxy groups -OCH3 is 1. The predicted molar refractivity (Wildman–Crippen MR) is 119 cm³/mol. The molecule has 0 N–H and O–H groups in total. The van der Waals surface area contributed by atoms with Gasteiger partial charge in [0.2, 0.25) is 0 Å². The zero-order valence-corrected chi connectivity index (χ0v) is 18.1. The minimum atomic E-state index is -0.277. The van der Waals surface area contributed by atoms with E-state index in [1.807, 2.05) is 24.5 Å². The van der Waals surface area contributed by atoms with Crippen molar-refractivity contribution in [1.82, 2.24) is 9.88 Å². The number of piperidine rings is 1. The minimum Gasteiger partial charge on any atom is -0.494 e. The SMILES string of the molecule is COc1cc(C2CCN(C[C@H](Cc3cccnc3)C3C[CH]CCC3)CC2)ccc1F. The number of rotatable bonds is 7. The Balaban J connectivity index is 1.37. The van der Waals surface area contributed by atoms with Gasteiger partial charge in [0.05, 0.1) is 7.11 Å². The molecule has 0 amide bonds. The van der Waals surface area contributed by atoms with Gasteiger partial charge in [-0.15, -0.1) is 0 Å². The Morgan fingerprint density at radius 3 is 2.77 bits per heavy atom. The molecule has 4 heteroatoms. The highest BCUT2D eigenvalue weighted by atomic mass is 19.1. The van der Waals surface area contributed by atoms with E-state index in [1.54, 1.807) is 6.07 Å². The zero-order chi connectivity index (χ0) is 20.8. The third-order valence-corrected chi connectivity index (χ3v) is 7.07. The van der Waals surface area contributed by atoms with Gasteiger partial charge in [0, 0.05) is 18.9 Å². The van der Waals surface area contributed by atoms with Crippen LogP contribution >= 0.6 is 0 Å². The van der Waals surface area contributed by atoms with Crippen molar-refractivity contribution in [2.45, 2.75) is 50.9 Å². The number of ether oxygens (including phenoxy) is 1. The second-order valence-electron chi connectivity index (χ2n) is 9.01. The van der Waals surface area contributed by atoms with E-state index in [0.29, 0.717) is 17.6 Å². The highest BCUT2D eigenvalue weighted by Crippen LogP contribution is 2.35. The molecular weight excluding hydrogens is 375 g/mol. The highest BCUT2D eigenvalue weighted by molar-refractivity contribution is 5.32. The van der Waals surface area contributed by atoms with E-state index in [9.17, 15) is 4.39 Å². The summed E-state index contributed by atoms with van der Waals surface area (Å²) in [7, 11) is 1.54. The maximum Gasteiger partial charge on any atom is 0.165 e. The van der Waals surface area contributed by atoms with Gasteiger partial charge in [-0.25, -0.2) is 4.39 Å². The van der Waals surface area contributed by atoms with Gasteiger partial charge in [-0.2, -0.15) is 0 Å². The third-order valence-electron chi connectivity index (χ3n) is 7.07. The van der Waals surface area contributed by atoms with Crippen molar-refractivity contribution >= 4 is 0 Å². The van der Waals surface area contributed by atoms with Gasteiger partial charge in [-0.1, -0.05) is 31.4 Å². The molecule has 1 saturated carbocycles. The molecule has 2 atom stereocenters. The Hall–Kier alpha value is -1.94. The van der Waals surface area contributed by atoms with E-state index in [-0.39, 0.29) is 5.82 Å². The standard InChI is InChI=1S/C26H34FN2O/c1-30-26-17-23(9-10-25(26)27)22-11-14-29(15-12-22)19-24(21-7-3-2-4-8-21)16-20-6-5-13-28-18-20/h3,5-6,9-10,13,17-18,21-22,24H,2,4,7-8,11-12,14-16,19H2,1H3/t21?,24-/m0/s1. The summed E-state index contributed by atoms with van der Waals surface area (Å²) in [5, 5.41) is 0. The van der Waals surface area contributed by atoms with Gasteiger partial charge in [-0.05, 0) is 92.3 Å². The fourth-order valence-electron chi connectivity index (χ4n) is 5.32. The highest BCUT2D eigenvalue weighted by Gasteiger charge is 2.28. The number of pyridine rings is 1. The Bertz CT molecular complexity index is 783. The van der Waals surface area contributed by atoms with E-state index < -0.39 is 0 Å². The van der Waals surface area contributed by atoms with Crippen LogP contribution in [0.5, 0.6) is 5.75 Å². The average Bonchev–Trinajstić information content (AvgIpc) is 2.81. The van der Waals surface area contributed by atoms with Crippen molar-refractivity contribution in [1.29, 1.82) is 0 Å². The van der Waals surface area contributed by atoms with Crippen LogP contribution in [0.4, 0.5) is 4.39 Å². The van der Waals surface area contributed by atoms with E-state index in [1.165, 1.54) is 50.5 Å². The van der Waals surface area contributed by atoms with Crippen molar-refractivity contribution in [2.24, 2.45) is 11.8 Å². The quantitative estimate of drug-likeness (QED) is 0.590. The molecule has 0 spiro atoms. The van der Waals surface area contributed by atoms with Crippen molar-refractivity contribution < 1.29 is 9.13 Å². The summed E-state index contributed by atoms with van der Waals surface area (Å²) in [6.45, 7) is 3.40. The fourth-order valence-corrected chi connectivity index (χ4v) is 5.32. The second-order valence-corrected chi connectivity index (χ2v) is 9.01. The van der Waals surface area contributed by atoms with Crippen molar-refractivity contribution in [3.63, 3.8) is 0 Å². The predicted octanol–water partition coefficient (Wildman–Crippen LogP) is 5.66. The van der Waals surface area contributed by atoms with Gasteiger partial charge in [-0.3, -0.25) is 4.98 Å². The van der Waals surface area contributed by atoms with E-state index in [4.69, 9.17) is 4.74 Å². The summed E-state index contributed by atoms with van der Waals surface area (Å²) in [6, 6.07) is 9.65. The number of nitrogens with zero attached hydrogens (tertiary/aromatic N) is 2. The van der Waals surface area contributed by atoms with Gasteiger partial charge in [0.15, 0.2) is 11.6 Å². The number of likely N-dealkylation sites (tertiary alicyclic amines) is 1. The zero-order valence-electron chi connectivity index (χ0n) is 18.1. The maximum absolute atomic E-state index is 13.8. The molecule has 30 heavy (non-hydrogen) atoms. The molecule has 2 aromatic rings. The molecule has 2 aliphatic rings. The fraction of sp³-hybridized carbons (Fsp3) is 0.538. The lowest BCUT2D eigenvalue weighted by Gasteiger charge is -2.38. The number of halogens is 1. The lowest BCUT2D eigenvalue weighted by atomic mass is 9.77. The molecule has 1 aromatic carbocycles. The first kappa shape index (κ1) is 21.3. The molecule has 4 rings (SSSR count). The van der Waals surface area contributed by atoms with Crippen LogP contribution in [0.2, 0.25) is 0 Å². The van der Waals surface area contributed by atoms with Crippen LogP contribution in [-0.2, 0) is 6.42 Å². The van der Waals surface area contributed by atoms with Crippen molar-refractivity contribution in [2.75, 3.05) is 26.7 Å². The van der Waals surface area contributed by atoms with Crippen LogP contribution in [0, 0.1) is 24.1 Å². The molecule has 1 aliphatic heterocycles. The molecule has 0 bridgehead atoms. The molecule has 1 saturated heterocycles. The maximum atomic E-state index is 13.8. The third kappa shape index (κ3) is 5.40. The van der Waals surface area contributed by atoms with E-state index in [2.05, 4.69) is 28.4 Å². The van der Waals surface area contributed by atoms with Gasteiger partial charge < -0.3 is 9.64 Å². The smallest absolute Gasteiger partial charge is 0.165 e. The number of benzene rings is 1. The first-order valence-corrected chi connectivity index (χ1v) is 11.5. The molecule has 1 radical (unpaired) electrons. The molecule has 3 nitrogen and oxygen atoms in total. The van der Waals surface area contributed by atoms with Crippen LogP contribution in [-0.4, -0.2) is 36.6 Å². The molecule has 1 aromatic heterocycles. The van der Waals surface area contributed by atoms with Gasteiger partial charge in [0.25, 0.3) is 0 Å². The van der Waals surface area contributed by atoms with Gasteiger partial charge in [0.1, 0.15) is 0 Å². The molecule has 2 heterocycles. The summed E-state index contributed by atoms with van der Waals surface area (Å²) < 4.78 is 18.9. The molecule has 1 aliphatic carbocycles. The first-order valence-electron chi connectivity index (χ1n) is 11.5. The Morgan fingerprint density at radius 2 is 2.07 bits per heavy atom. The summed E-state index contributed by atoms with van der Waals surface area (Å²) in [4.78, 5) is 6.99. The number of hydrogen-bond donors (Lipinski definition) is 0. The largest absolute Gasteiger partial charge is 0.494 e. The lowest BCUT2D eigenvalue weighted by Crippen LogP contribution is -2.39. The van der Waals surface area contributed by atoms with Crippen LogP contribution in [0.1, 0.15) is 55.6 Å². The lowest BCUT2D eigenvalue weighted by molar-refractivity contribution is 0.144. The van der Waals surface area contributed by atoms with Crippen LogP contribution in [0.15, 0.2) is 42.7 Å². The van der Waals surface area contributed by atoms with Crippen LogP contribution in [0.25, 0.3) is 0 Å². The Labute approximate surface area is 180 Å². The monoisotopic (exact) mass is 409 g/mol. The normalized spacial score (nSPS) is 20.2. The van der Waals surface area contributed by atoms with Crippen LogP contribution in [0.3, 0.4) is 0 Å². The number of aromatic nitrogens is 1. The van der Waals surface area contributed by atoms with Gasteiger partial charge >= 0.3 is 0 Å². The minimum absolute atomic E-state index is 0.277. The summed E-state index contributed by atoms with van der Waals surface area (Å²) >= 11 is 0. The molecule has 161 valence electrons. The molecular formula is C26H34FN2O. The van der Waals surface area contributed by atoms with Crippen LogP contribution < -0.4 is 4.74 Å². The summed E-state index contributed by atoms with van der Waals surface area (Å²) in [5.74, 6) is 2.06. The van der Waals surface area contributed by atoms with E-state index >= 15 is 0 Å². The average molecular weight is 410 g/mol. The Morgan fingerprint density at radius 1 is 1.20 bits per heavy atom. The second kappa shape index (κ2) is 10.4. The number of hydrogen-bond acceptors (Lipinski definition) is 3. The first-order chi connectivity index (χ1) is 14.7.